The highest BCUT2D eigenvalue weighted by Crippen LogP contribution is 2.44. The number of rotatable bonds is 6. The van der Waals surface area contributed by atoms with Gasteiger partial charge in [0.2, 0.25) is 17.7 Å². The number of carbonyl (C=O) groups is 3. The van der Waals surface area contributed by atoms with Gasteiger partial charge in [0.05, 0.1) is 22.7 Å². The average molecular weight is 506 g/mol. The number of nitrogens with zero attached hydrogens (tertiary/aromatic N) is 3. The van der Waals surface area contributed by atoms with E-state index in [1.54, 1.807) is 43.3 Å². The van der Waals surface area contributed by atoms with Gasteiger partial charge in [-0.3, -0.25) is 19.7 Å². The summed E-state index contributed by atoms with van der Waals surface area (Å²) in [6, 6.07) is 15.2. The Morgan fingerprint density at radius 1 is 1.22 bits per heavy atom. The molecule has 1 aliphatic heterocycles. The fraction of sp³-hybridized carbons (Fsp3) is 0.160. The second kappa shape index (κ2) is 9.93. The number of nitriles is 1. The lowest BCUT2D eigenvalue weighted by Crippen LogP contribution is -2.31. The maximum Gasteiger partial charge on any atom is 0.287 e. The zero-order chi connectivity index (χ0) is 26.0. The number of carbonyl (C=O) groups excluding carboxylic acids is 3. The number of hydrogen-bond acceptors (Lipinski definition) is 7. The molecule has 11 heteroatoms. The maximum absolute atomic E-state index is 13.1. The van der Waals surface area contributed by atoms with Crippen molar-refractivity contribution in [1.82, 2.24) is 15.1 Å². The van der Waals surface area contributed by atoms with Crippen LogP contribution in [0.1, 0.15) is 44.8 Å². The molecule has 0 saturated carbocycles. The molecule has 1 aromatic heterocycles. The van der Waals surface area contributed by atoms with Crippen molar-refractivity contribution < 1.29 is 23.9 Å². The lowest BCUT2D eigenvalue weighted by molar-refractivity contribution is -0.118. The molecule has 0 radical (unpaired) electrons. The summed E-state index contributed by atoms with van der Waals surface area (Å²) >= 11 is 6.05. The Bertz CT molecular complexity index is 1450. The van der Waals surface area contributed by atoms with Gasteiger partial charge in [0.25, 0.3) is 11.8 Å². The van der Waals surface area contributed by atoms with E-state index in [9.17, 15) is 19.6 Å². The molecule has 10 nitrogen and oxygen atoms in total. The van der Waals surface area contributed by atoms with Crippen molar-refractivity contribution in [3.05, 3.63) is 87.4 Å². The first-order valence-electron chi connectivity index (χ1n) is 10.7. The van der Waals surface area contributed by atoms with Crippen LogP contribution in [0.3, 0.4) is 0 Å². The van der Waals surface area contributed by atoms with E-state index in [1.165, 1.54) is 19.1 Å². The molecule has 0 bridgehead atoms. The number of fused-ring (bicyclic) bond motifs is 1. The third-order valence-corrected chi connectivity index (χ3v) is 5.69. The van der Waals surface area contributed by atoms with E-state index in [1.807, 2.05) is 0 Å². The van der Waals surface area contributed by atoms with Crippen molar-refractivity contribution >= 4 is 29.3 Å². The van der Waals surface area contributed by atoms with E-state index in [0.29, 0.717) is 21.8 Å². The highest BCUT2D eigenvalue weighted by atomic mass is 35.5. The number of hydrogen-bond donors (Lipinski definition) is 2. The van der Waals surface area contributed by atoms with E-state index in [0.717, 1.165) is 4.68 Å². The molecular formula is C25H20ClN5O5. The second-order valence-electron chi connectivity index (χ2n) is 7.88. The van der Waals surface area contributed by atoms with E-state index in [4.69, 9.17) is 26.8 Å². The van der Waals surface area contributed by atoms with Crippen LogP contribution in [0.4, 0.5) is 0 Å². The van der Waals surface area contributed by atoms with Gasteiger partial charge in [-0.1, -0.05) is 35.9 Å². The molecule has 36 heavy (non-hydrogen) atoms. The molecule has 0 saturated heterocycles. The summed E-state index contributed by atoms with van der Waals surface area (Å²) in [5.74, 6) is -2.39. The molecule has 2 amide bonds. The van der Waals surface area contributed by atoms with Crippen molar-refractivity contribution in [3.63, 3.8) is 0 Å². The Kier molecular flexibility index (Phi) is 6.76. The molecule has 3 aromatic rings. The monoisotopic (exact) mass is 505 g/mol. The van der Waals surface area contributed by atoms with E-state index in [2.05, 4.69) is 16.5 Å². The standard InChI is InChI=1S/C25H20ClN5O5/c1-13-21-22(15-7-9-16(26)10-8-15)18(11-27)24(29-14(2)32)36-25(21)31(30-13)20(33)12-35-19-6-4-3-5-17(19)23(28)34/h3-10,22H,12H2,1-2H3,(H2,28,34)(H,29,32). The van der Waals surface area contributed by atoms with Crippen molar-refractivity contribution in [1.29, 1.82) is 5.26 Å². The number of primary amides is 1. The lowest BCUT2D eigenvalue weighted by atomic mass is 9.84. The first-order chi connectivity index (χ1) is 17.2. The fourth-order valence-corrected chi connectivity index (χ4v) is 4.02. The highest BCUT2D eigenvalue weighted by molar-refractivity contribution is 6.30. The normalized spacial score (nSPS) is 14.3. The molecule has 0 aliphatic carbocycles. The molecular weight excluding hydrogens is 486 g/mol. The Labute approximate surface area is 210 Å². The number of aromatic nitrogens is 2. The van der Waals surface area contributed by atoms with Gasteiger partial charge in [-0.15, -0.1) is 0 Å². The number of halogens is 1. The SMILES string of the molecule is CC(=O)NC1=C(C#N)C(c2ccc(Cl)cc2)c2c(C)nn(C(=O)COc3ccccc3C(N)=O)c2O1. The van der Waals surface area contributed by atoms with Crippen LogP contribution in [0.25, 0.3) is 0 Å². The molecule has 1 unspecified atom stereocenters. The zero-order valence-corrected chi connectivity index (χ0v) is 20.0. The van der Waals surface area contributed by atoms with Crippen molar-refractivity contribution in [2.45, 2.75) is 19.8 Å². The molecule has 2 aromatic carbocycles. The third kappa shape index (κ3) is 4.64. The first-order valence-corrected chi connectivity index (χ1v) is 11.1. The van der Waals surface area contributed by atoms with Gasteiger partial charge in [0, 0.05) is 11.9 Å². The minimum atomic E-state index is -0.700. The Hall–Kier alpha value is -4.62. The number of benzene rings is 2. The predicted molar refractivity (Wildman–Crippen MR) is 128 cm³/mol. The summed E-state index contributed by atoms with van der Waals surface area (Å²) < 4.78 is 12.4. The van der Waals surface area contributed by atoms with Crippen LogP contribution in [0.15, 0.2) is 60.0 Å². The number of para-hydroxylation sites is 1. The van der Waals surface area contributed by atoms with Crippen molar-refractivity contribution in [3.8, 4) is 17.7 Å². The van der Waals surface area contributed by atoms with Crippen LogP contribution >= 0.6 is 11.6 Å². The molecule has 4 rings (SSSR count). The van der Waals surface area contributed by atoms with E-state index < -0.39 is 30.2 Å². The summed E-state index contributed by atoms with van der Waals surface area (Å²) in [4.78, 5) is 36.6. The van der Waals surface area contributed by atoms with Gasteiger partial charge in [-0.25, -0.2) is 0 Å². The Balaban J connectivity index is 1.75. The molecule has 0 fully saturated rings. The largest absolute Gasteiger partial charge is 0.483 e. The fourth-order valence-electron chi connectivity index (χ4n) is 3.90. The van der Waals surface area contributed by atoms with Crippen LogP contribution in [0.5, 0.6) is 11.6 Å². The van der Waals surface area contributed by atoms with Crippen LogP contribution in [-0.4, -0.2) is 34.1 Å². The quantitative estimate of drug-likeness (QED) is 0.522. The number of aryl methyl sites for hydroxylation is 1. The Morgan fingerprint density at radius 3 is 2.56 bits per heavy atom. The Morgan fingerprint density at radius 2 is 1.92 bits per heavy atom. The topological polar surface area (TPSA) is 149 Å². The minimum Gasteiger partial charge on any atom is -0.483 e. The summed E-state index contributed by atoms with van der Waals surface area (Å²) in [6.45, 7) is 2.46. The molecule has 1 aliphatic rings. The molecule has 182 valence electrons. The highest BCUT2D eigenvalue weighted by Gasteiger charge is 2.38. The van der Waals surface area contributed by atoms with Crippen LogP contribution in [-0.2, 0) is 4.79 Å². The summed E-state index contributed by atoms with van der Waals surface area (Å²) in [6.07, 6.45) is 0. The van der Waals surface area contributed by atoms with E-state index in [-0.39, 0.29) is 28.6 Å². The first kappa shape index (κ1) is 24.5. The van der Waals surface area contributed by atoms with Crippen molar-refractivity contribution in [2.24, 2.45) is 5.73 Å². The van der Waals surface area contributed by atoms with Crippen LogP contribution < -0.4 is 20.5 Å². The van der Waals surface area contributed by atoms with Crippen LogP contribution in [0.2, 0.25) is 5.02 Å². The number of nitrogens with one attached hydrogen (secondary N) is 1. The number of ether oxygens (including phenoxy) is 2. The van der Waals surface area contributed by atoms with Gasteiger partial charge in [-0.05, 0) is 36.8 Å². The lowest BCUT2D eigenvalue weighted by Gasteiger charge is -2.26. The minimum absolute atomic E-state index is 0.0342. The summed E-state index contributed by atoms with van der Waals surface area (Å²) in [5.41, 5.74) is 7.24. The van der Waals surface area contributed by atoms with Gasteiger partial charge >= 0.3 is 0 Å². The molecule has 2 heterocycles. The number of allylic oxidation sites excluding steroid dienone is 1. The van der Waals surface area contributed by atoms with Gasteiger partial charge in [-0.2, -0.15) is 15.0 Å². The predicted octanol–water partition coefficient (Wildman–Crippen LogP) is 3.06. The number of amides is 2. The average Bonchev–Trinajstić information content (AvgIpc) is 3.18. The summed E-state index contributed by atoms with van der Waals surface area (Å²) in [5, 5.41) is 17.3. The molecule has 3 N–H and O–H groups in total. The third-order valence-electron chi connectivity index (χ3n) is 5.44. The van der Waals surface area contributed by atoms with Gasteiger partial charge in [0.1, 0.15) is 17.4 Å². The number of nitrogens with two attached hydrogens (primary N) is 1. The van der Waals surface area contributed by atoms with E-state index >= 15 is 0 Å². The van der Waals surface area contributed by atoms with Crippen molar-refractivity contribution in [2.75, 3.05) is 6.61 Å². The van der Waals surface area contributed by atoms with Gasteiger partial charge < -0.3 is 15.2 Å². The molecule has 1 atom stereocenters. The van der Waals surface area contributed by atoms with Crippen LogP contribution in [0, 0.1) is 18.3 Å². The molecule has 0 spiro atoms. The van der Waals surface area contributed by atoms with Gasteiger partial charge in [0.15, 0.2) is 6.61 Å². The second-order valence-corrected chi connectivity index (χ2v) is 8.32. The summed E-state index contributed by atoms with van der Waals surface area (Å²) in [7, 11) is 0. The maximum atomic E-state index is 13.1. The zero-order valence-electron chi connectivity index (χ0n) is 19.2. The smallest absolute Gasteiger partial charge is 0.287 e.